The molecule has 4 heteroatoms. The Bertz CT molecular complexity index is 654. The average Bonchev–Trinajstić information content (AvgIpc) is 2.48. The molecular formula is C17H20FN3. The minimum absolute atomic E-state index is 0.159. The standard InChI is InChI=1S/C17H20FN3/c1-12(19)13-7-8-15(14(18)11-13)21-10-9-20(2)16-5-3-4-6-17(16)21/h3-8,11-12H,9-10,19H2,1-2H3/t12-/m1/s1. The number of rotatable bonds is 2. The monoisotopic (exact) mass is 285 g/mol. The predicted octanol–water partition coefficient (Wildman–Crippen LogP) is 3.43. The van der Waals surface area contributed by atoms with E-state index in [2.05, 4.69) is 18.0 Å². The van der Waals surface area contributed by atoms with Crippen molar-refractivity contribution in [1.29, 1.82) is 0 Å². The summed E-state index contributed by atoms with van der Waals surface area (Å²) in [5, 5.41) is 0. The van der Waals surface area contributed by atoms with Gasteiger partial charge in [-0.25, -0.2) is 4.39 Å². The minimum atomic E-state index is -0.218. The van der Waals surface area contributed by atoms with E-state index < -0.39 is 0 Å². The zero-order valence-electron chi connectivity index (χ0n) is 12.4. The molecule has 1 aliphatic heterocycles. The Hall–Kier alpha value is -2.07. The predicted molar refractivity (Wildman–Crippen MR) is 85.7 cm³/mol. The Morgan fingerprint density at radius 1 is 1.05 bits per heavy atom. The largest absolute Gasteiger partial charge is 0.371 e. The van der Waals surface area contributed by atoms with Crippen LogP contribution >= 0.6 is 0 Å². The molecule has 1 aliphatic rings. The Kier molecular flexibility index (Phi) is 3.55. The minimum Gasteiger partial charge on any atom is -0.371 e. The molecule has 0 amide bonds. The lowest BCUT2D eigenvalue weighted by Crippen LogP contribution is -2.36. The number of nitrogens with zero attached hydrogens (tertiary/aromatic N) is 2. The molecule has 110 valence electrons. The fourth-order valence-electron chi connectivity index (χ4n) is 2.78. The van der Waals surface area contributed by atoms with Gasteiger partial charge in [0, 0.05) is 26.2 Å². The molecule has 0 bridgehead atoms. The zero-order chi connectivity index (χ0) is 15.0. The molecule has 0 spiro atoms. The first-order valence-corrected chi connectivity index (χ1v) is 7.20. The molecule has 2 aromatic rings. The van der Waals surface area contributed by atoms with Gasteiger partial charge >= 0.3 is 0 Å². The van der Waals surface area contributed by atoms with Crippen LogP contribution in [0.25, 0.3) is 0 Å². The van der Waals surface area contributed by atoms with Gasteiger partial charge in [-0.3, -0.25) is 0 Å². The molecule has 0 radical (unpaired) electrons. The van der Waals surface area contributed by atoms with Crippen LogP contribution in [0.1, 0.15) is 18.5 Å². The number of hydrogen-bond donors (Lipinski definition) is 1. The van der Waals surface area contributed by atoms with Crippen LogP contribution in [0.4, 0.5) is 21.5 Å². The molecule has 2 aromatic carbocycles. The van der Waals surface area contributed by atoms with E-state index in [4.69, 9.17) is 5.73 Å². The van der Waals surface area contributed by atoms with Gasteiger partial charge in [-0.05, 0) is 36.8 Å². The molecule has 0 fully saturated rings. The summed E-state index contributed by atoms with van der Waals surface area (Å²) in [4.78, 5) is 4.23. The van der Waals surface area contributed by atoms with Crippen LogP contribution in [0.15, 0.2) is 42.5 Å². The van der Waals surface area contributed by atoms with Gasteiger partial charge in [-0.15, -0.1) is 0 Å². The number of benzene rings is 2. The third kappa shape index (κ3) is 2.47. The van der Waals surface area contributed by atoms with Crippen LogP contribution in [0.5, 0.6) is 0 Å². The summed E-state index contributed by atoms with van der Waals surface area (Å²) >= 11 is 0. The van der Waals surface area contributed by atoms with Crippen molar-refractivity contribution in [3.8, 4) is 0 Å². The first-order valence-electron chi connectivity index (χ1n) is 7.20. The second-order valence-electron chi connectivity index (χ2n) is 5.56. The molecular weight excluding hydrogens is 265 g/mol. The molecule has 0 aromatic heterocycles. The molecule has 21 heavy (non-hydrogen) atoms. The third-order valence-electron chi connectivity index (χ3n) is 4.03. The topological polar surface area (TPSA) is 32.5 Å². The maximum absolute atomic E-state index is 14.5. The summed E-state index contributed by atoms with van der Waals surface area (Å²) in [7, 11) is 2.06. The van der Waals surface area contributed by atoms with Crippen molar-refractivity contribution in [2.75, 3.05) is 29.9 Å². The normalized spacial score (nSPS) is 15.8. The van der Waals surface area contributed by atoms with E-state index in [-0.39, 0.29) is 11.9 Å². The second kappa shape index (κ2) is 5.37. The average molecular weight is 285 g/mol. The summed E-state index contributed by atoms with van der Waals surface area (Å²) in [5.74, 6) is -0.218. The van der Waals surface area contributed by atoms with E-state index in [0.717, 1.165) is 30.0 Å². The van der Waals surface area contributed by atoms with Gasteiger partial charge < -0.3 is 15.5 Å². The lowest BCUT2D eigenvalue weighted by Gasteiger charge is -2.37. The van der Waals surface area contributed by atoms with Gasteiger partial charge in [-0.1, -0.05) is 18.2 Å². The van der Waals surface area contributed by atoms with Crippen molar-refractivity contribution < 1.29 is 4.39 Å². The number of hydrogen-bond acceptors (Lipinski definition) is 3. The quantitative estimate of drug-likeness (QED) is 0.917. The van der Waals surface area contributed by atoms with Gasteiger partial charge in [0.25, 0.3) is 0 Å². The first-order chi connectivity index (χ1) is 10.1. The molecule has 0 saturated heterocycles. The number of nitrogens with two attached hydrogens (primary N) is 1. The summed E-state index contributed by atoms with van der Waals surface area (Å²) in [6, 6.07) is 13.2. The van der Waals surface area contributed by atoms with E-state index in [1.165, 1.54) is 0 Å². The third-order valence-corrected chi connectivity index (χ3v) is 4.03. The van der Waals surface area contributed by atoms with E-state index in [1.54, 1.807) is 6.07 Å². The van der Waals surface area contributed by atoms with E-state index in [0.29, 0.717) is 5.69 Å². The molecule has 1 atom stereocenters. The summed E-state index contributed by atoms with van der Waals surface area (Å²) in [6.07, 6.45) is 0. The van der Waals surface area contributed by atoms with E-state index in [9.17, 15) is 4.39 Å². The molecule has 1 heterocycles. The maximum atomic E-state index is 14.5. The number of anilines is 3. The fourth-order valence-corrected chi connectivity index (χ4v) is 2.78. The number of para-hydroxylation sites is 2. The Balaban J connectivity index is 2.04. The molecule has 0 aliphatic carbocycles. The SMILES string of the molecule is C[C@@H](N)c1ccc(N2CCN(C)c3ccccc32)c(F)c1. The number of halogens is 1. The summed E-state index contributed by atoms with van der Waals surface area (Å²) in [5.41, 5.74) is 9.41. The lowest BCUT2D eigenvalue weighted by molar-refractivity contribution is 0.618. The highest BCUT2D eigenvalue weighted by Gasteiger charge is 2.23. The molecule has 0 unspecified atom stereocenters. The van der Waals surface area contributed by atoms with Gasteiger partial charge in [0.1, 0.15) is 5.82 Å². The highest BCUT2D eigenvalue weighted by atomic mass is 19.1. The summed E-state index contributed by atoms with van der Waals surface area (Å²) in [6.45, 7) is 3.49. The zero-order valence-corrected chi connectivity index (χ0v) is 12.4. The van der Waals surface area contributed by atoms with Crippen LogP contribution in [0, 0.1) is 5.82 Å². The van der Waals surface area contributed by atoms with E-state index >= 15 is 0 Å². The summed E-state index contributed by atoms with van der Waals surface area (Å²) < 4.78 is 14.5. The van der Waals surface area contributed by atoms with Crippen LogP contribution in [-0.4, -0.2) is 20.1 Å². The Morgan fingerprint density at radius 2 is 1.76 bits per heavy atom. The van der Waals surface area contributed by atoms with Crippen LogP contribution in [0.2, 0.25) is 0 Å². The van der Waals surface area contributed by atoms with Gasteiger partial charge in [0.05, 0.1) is 17.1 Å². The second-order valence-corrected chi connectivity index (χ2v) is 5.56. The Labute approximate surface area is 124 Å². The van der Waals surface area contributed by atoms with Crippen molar-refractivity contribution in [3.05, 3.63) is 53.8 Å². The molecule has 2 N–H and O–H groups in total. The van der Waals surface area contributed by atoms with Crippen molar-refractivity contribution in [3.63, 3.8) is 0 Å². The van der Waals surface area contributed by atoms with Crippen molar-refractivity contribution >= 4 is 17.1 Å². The van der Waals surface area contributed by atoms with Gasteiger partial charge in [0.2, 0.25) is 0 Å². The maximum Gasteiger partial charge on any atom is 0.147 e. The van der Waals surface area contributed by atoms with Crippen molar-refractivity contribution in [2.24, 2.45) is 5.73 Å². The molecule has 3 nitrogen and oxygen atoms in total. The highest BCUT2D eigenvalue weighted by Crippen LogP contribution is 2.38. The lowest BCUT2D eigenvalue weighted by atomic mass is 10.1. The first kappa shape index (κ1) is 13.9. The fraction of sp³-hybridized carbons (Fsp3) is 0.294. The van der Waals surface area contributed by atoms with E-state index in [1.807, 2.05) is 42.2 Å². The van der Waals surface area contributed by atoms with Crippen molar-refractivity contribution in [2.45, 2.75) is 13.0 Å². The van der Waals surface area contributed by atoms with Crippen LogP contribution in [-0.2, 0) is 0 Å². The van der Waals surface area contributed by atoms with Crippen LogP contribution < -0.4 is 15.5 Å². The Morgan fingerprint density at radius 3 is 2.43 bits per heavy atom. The van der Waals surface area contributed by atoms with Gasteiger partial charge in [0.15, 0.2) is 0 Å². The smallest absolute Gasteiger partial charge is 0.147 e. The highest BCUT2D eigenvalue weighted by molar-refractivity contribution is 5.79. The molecule has 3 rings (SSSR count). The van der Waals surface area contributed by atoms with Crippen LogP contribution in [0.3, 0.4) is 0 Å². The van der Waals surface area contributed by atoms with Gasteiger partial charge in [-0.2, -0.15) is 0 Å². The van der Waals surface area contributed by atoms with Crippen molar-refractivity contribution in [1.82, 2.24) is 0 Å². The number of likely N-dealkylation sites (N-methyl/N-ethyl adjacent to an activating group) is 1. The molecule has 0 saturated carbocycles. The number of fused-ring (bicyclic) bond motifs is 1.